The smallest absolute Gasteiger partial charge is 0.235 e. The van der Waals surface area contributed by atoms with E-state index in [1.807, 2.05) is 26.0 Å². The molecule has 0 amide bonds. The summed E-state index contributed by atoms with van der Waals surface area (Å²) in [4.78, 5) is 0.691. The molecule has 0 aliphatic rings. The number of nitrogens with zero attached hydrogens (tertiary/aromatic N) is 6. The number of fused-ring (bicyclic) bond motifs is 1. The molecule has 0 bridgehead atoms. The van der Waals surface area contributed by atoms with Crippen molar-refractivity contribution >= 4 is 16.3 Å². The van der Waals surface area contributed by atoms with E-state index in [9.17, 15) is 0 Å². The van der Waals surface area contributed by atoms with Gasteiger partial charge < -0.3 is 4.52 Å². The summed E-state index contributed by atoms with van der Waals surface area (Å²) in [5, 5.41) is 24.5. The molecule has 4 rings (SSSR count). The van der Waals surface area contributed by atoms with Crippen molar-refractivity contribution in [2.45, 2.75) is 13.8 Å². The van der Waals surface area contributed by atoms with Crippen LogP contribution in [0.25, 0.3) is 27.2 Å². The van der Waals surface area contributed by atoms with Gasteiger partial charge in [-0.05, 0) is 19.9 Å². The Balaban J connectivity index is 1.86. The van der Waals surface area contributed by atoms with Crippen molar-refractivity contribution in [3.63, 3.8) is 0 Å². The predicted molar refractivity (Wildman–Crippen MR) is 71.2 cm³/mol. The van der Waals surface area contributed by atoms with Crippen molar-refractivity contribution in [3.8, 4) is 22.2 Å². The molecule has 1 N–H and O–H groups in total. The van der Waals surface area contributed by atoms with Crippen LogP contribution in [-0.4, -0.2) is 35.2 Å². The second-order valence-corrected chi connectivity index (χ2v) is 5.34. The van der Waals surface area contributed by atoms with Gasteiger partial charge in [0.25, 0.3) is 0 Å². The third-order valence-electron chi connectivity index (χ3n) is 2.77. The Labute approximate surface area is 116 Å². The second kappa shape index (κ2) is 3.97. The molecular weight excluding hydrogens is 278 g/mol. The fourth-order valence-corrected chi connectivity index (χ4v) is 2.67. The normalized spacial score (nSPS) is 11.5. The first-order valence-electron chi connectivity index (χ1n) is 5.89. The Morgan fingerprint density at radius 1 is 1.20 bits per heavy atom. The highest BCUT2D eigenvalue weighted by atomic mass is 32.1. The number of hydrogen-bond acceptors (Lipinski definition) is 7. The monoisotopic (exact) mass is 287 g/mol. The molecule has 0 atom stereocenters. The topological polar surface area (TPSA) is 97.8 Å². The molecule has 0 aliphatic heterocycles. The Bertz CT molecular complexity index is 899. The number of hydrogen-bond donors (Lipinski definition) is 1. The molecule has 0 spiro atoms. The lowest BCUT2D eigenvalue weighted by atomic mass is 10.3. The van der Waals surface area contributed by atoms with E-state index in [1.54, 1.807) is 4.52 Å². The third kappa shape index (κ3) is 1.63. The second-order valence-electron chi connectivity index (χ2n) is 4.38. The highest BCUT2D eigenvalue weighted by molar-refractivity contribution is 7.19. The van der Waals surface area contributed by atoms with Crippen LogP contribution in [0.2, 0.25) is 0 Å². The van der Waals surface area contributed by atoms with Gasteiger partial charge in [0, 0.05) is 11.8 Å². The van der Waals surface area contributed by atoms with Crippen molar-refractivity contribution in [3.05, 3.63) is 23.6 Å². The van der Waals surface area contributed by atoms with Crippen LogP contribution >= 0.6 is 11.3 Å². The van der Waals surface area contributed by atoms with Crippen LogP contribution in [-0.2, 0) is 0 Å². The number of H-pyrrole nitrogens is 1. The number of aromatic amines is 1. The van der Waals surface area contributed by atoms with Crippen LogP contribution in [0.1, 0.15) is 11.5 Å². The number of rotatable bonds is 2. The average molecular weight is 287 g/mol. The van der Waals surface area contributed by atoms with E-state index in [0.29, 0.717) is 22.2 Å². The maximum absolute atomic E-state index is 5.06. The van der Waals surface area contributed by atoms with Gasteiger partial charge in [-0.1, -0.05) is 16.5 Å². The summed E-state index contributed by atoms with van der Waals surface area (Å²) in [7, 11) is 0. The zero-order valence-corrected chi connectivity index (χ0v) is 11.5. The van der Waals surface area contributed by atoms with Crippen LogP contribution in [0, 0.1) is 13.8 Å². The molecule has 0 unspecified atom stereocenters. The summed E-state index contributed by atoms with van der Waals surface area (Å²) >= 11 is 1.40. The fourth-order valence-electron chi connectivity index (χ4n) is 1.88. The van der Waals surface area contributed by atoms with Crippen molar-refractivity contribution < 1.29 is 4.52 Å². The molecule has 4 aromatic heterocycles. The fraction of sp³-hybridized carbons (Fsp3) is 0.182. The van der Waals surface area contributed by atoms with E-state index in [2.05, 4.69) is 30.7 Å². The van der Waals surface area contributed by atoms with Crippen molar-refractivity contribution in [2.75, 3.05) is 0 Å². The summed E-state index contributed by atoms with van der Waals surface area (Å²) in [6.07, 6.45) is 0. The van der Waals surface area contributed by atoms with E-state index in [1.165, 1.54) is 11.3 Å². The van der Waals surface area contributed by atoms with E-state index >= 15 is 0 Å². The molecule has 4 heterocycles. The minimum absolute atomic E-state index is 0.604. The van der Waals surface area contributed by atoms with Crippen molar-refractivity contribution in [1.82, 2.24) is 35.2 Å². The lowest BCUT2D eigenvalue weighted by Crippen LogP contribution is -1.91. The Hall–Kier alpha value is -2.55. The van der Waals surface area contributed by atoms with Crippen molar-refractivity contribution in [2.24, 2.45) is 0 Å². The highest BCUT2D eigenvalue weighted by Crippen LogP contribution is 2.27. The quantitative estimate of drug-likeness (QED) is 0.604. The molecule has 100 valence electrons. The van der Waals surface area contributed by atoms with Crippen LogP contribution in [0.5, 0.6) is 0 Å². The van der Waals surface area contributed by atoms with E-state index in [-0.39, 0.29) is 0 Å². The zero-order chi connectivity index (χ0) is 13.7. The minimum atomic E-state index is 0.604. The highest BCUT2D eigenvalue weighted by Gasteiger charge is 2.17. The Kier molecular flexibility index (Phi) is 2.24. The van der Waals surface area contributed by atoms with Gasteiger partial charge in [0.15, 0.2) is 5.01 Å². The number of nitrogens with one attached hydrogen (secondary N) is 1. The predicted octanol–water partition coefficient (Wildman–Crippen LogP) is 1.85. The molecule has 0 aromatic carbocycles. The van der Waals surface area contributed by atoms with Gasteiger partial charge >= 0.3 is 0 Å². The van der Waals surface area contributed by atoms with Crippen molar-refractivity contribution in [1.29, 1.82) is 0 Å². The first-order valence-corrected chi connectivity index (χ1v) is 6.70. The molecule has 0 aliphatic carbocycles. The summed E-state index contributed by atoms with van der Waals surface area (Å²) in [5.74, 6) is 1.35. The first-order chi connectivity index (χ1) is 9.70. The molecule has 0 fully saturated rings. The molecular formula is C11H9N7OS. The van der Waals surface area contributed by atoms with E-state index in [0.717, 1.165) is 16.5 Å². The summed E-state index contributed by atoms with van der Waals surface area (Å²) in [6.45, 7) is 3.77. The molecule has 0 saturated heterocycles. The third-order valence-corrected chi connectivity index (χ3v) is 3.69. The number of aryl methyl sites for hydroxylation is 2. The van der Waals surface area contributed by atoms with Crippen LogP contribution in [0.3, 0.4) is 0 Å². The van der Waals surface area contributed by atoms with E-state index in [4.69, 9.17) is 4.52 Å². The Morgan fingerprint density at radius 3 is 2.80 bits per heavy atom. The van der Waals surface area contributed by atoms with Gasteiger partial charge in [-0.3, -0.25) is 5.10 Å². The van der Waals surface area contributed by atoms with Gasteiger partial charge in [-0.2, -0.15) is 14.7 Å². The molecule has 0 saturated carbocycles. The van der Waals surface area contributed by atoms with Gasteiger partial charge in [-0.15, -0.1) is 10.2 Å². The lowest BCUT2D eigenvalue weighted by Gasteiger charge is -1.88. The Morgan fingerprint density at radius 2 is 2.10 bits per heavy atom. The molecule has 9 heteroatoms. The molecule has 20 heavy (non-hydrogen) atoms. The maximum Gasteiger partial charge on any atom is 0.235 e. The first kappa shape index (κ1) is 11.3. The number of aromatic nitrogens is 7. The van der Waals surface area contributed by atoms with Gasteiger partial charge in [0.05, 0.1) is 0 Å². The summed E-state index contributed by atoms with van der Waals surface area (Å²) < 4.78 is 6.73. The lowest BCUT2D eigenvalue weighted by molar-refractivity contribution is 0.399. The summed E-state index contributed by atoms with van der Waals surface area (Å²) in [6, 6.07) is 3.74. The molecule has 0 radical (unpaired) electrons. The largest absolute Gasteiger partial charge is 0.361 e. The zero-order valence-electron chi connectivity index (χ0n) is 10.7. The van der Waals surface area contributed by atoms with Crippen LogP contribution in [0.15, 0.2) is 16.7 Å². The van der Waals surface area contributed by atoms with Crippen LogP contribution < -0.4 is 0 Å². The molecule has 4 aromatic rings. The summed E-state index contributed by atoms with van der Waals surface area (Å²) in [5.41, 5.74) is 2.37. The van der Waals surface area contributed by atoms with Gasteiger partial charge in [0.1, 0.15) is 17.1 Å². The average Bonchev–Trinajstić information content (AvgIpc) is 3.11. The molecule has 8 nitrogen and oxygen atoms in total. The maximum atomic E-state index is 5.06. The SMILES string of the molecule is Cc1cc(-c2nnc3sc(-c4cc(C)on4)nn23)n[nH]1. The minimum Gasteiger partial charge on any atom is -0.361 e. The van der Waals surface area contributed by atoms with Gasteiger partial charge in [0.2, 0.25) is 10.8 Å². The van der Waals surface area contributed by atoms with Gasteiger partial charge in [-0.25, -0.2) is 0 Å². The standard InChI is InChI=1S/C11H9N7OS/c1-5-3-7(13-12-5)9-14-15-11-18(9)16-10(20-11)8-4-6(2)19-17-8/h3-4H,1-2H3,(H,12,13). The van der Waals surface area contributed by atoms with E-state index < -0.39 is 0 Å². The van der Waals surface area contributed by atoms with Crippen LogP contribution in [0.4, 0.5) is 0 Å².